The molecule has 0 bridgehead atoms. The van der Waals surface area contributed by atoms with Crippen molar-refractivity contribution >= 4 is 11.7 Å². The number of carbonyl (C=O) groups excluding carboxylic acids is 1. The fourth-order valence-corrected chi connectivity index (χ4v) is 3.62. The molecule has 3 aromatic rings. The van der Waals surface area contributed by atoms with Gasteiger partial charge in [-0.2, -0.15) is 0 Å². The van der Waals surface area contributed by atoms with Crippen LogP contribution in [0.4, 0.5) is 5.82 Å². The predicted octanol–water partition coefficient (Wildman–Crippen LogP) is 3.75. The van der Waals surface area contributed by atoms with Gasteiger partial charge < -0.3 is 11.1 Å². The van der Waals surface area contributed by atoms with E-state index in [0.29, 0.717) is 11.3 Å². The molecule has 0 radical (unpaired) electrons. The molecule has 0 unspecified atom stereocenters. The number of pyridine rings is 1. The normalized spacial score (nSPS) is 14.9. The maximum Gasteiger partial charge on any atom is 0.248 e. The summed E-state index contributed by atoms with van der Waals surface area (Å²) >= 11 is 0. The first-order valence-corrected chi connectivity index (χ1v) is 9.44. The third-order valence-corrected chi connectivity index (χ3v) is 5.42. The van der Waals surface area contributed by atoms with Gasteiger partial charge in [-0.3, -0.25) is 9.78 Å². The summed E-state index contributed by atoms with van der Waals surface area (Å²) in [6.45, 7) is 3.98. The number of hydrogen-bond donors (Lipinski definition) is 2. The van der Waals surface area contributed by atoms with E-state index in [1.165, 1.54) is 0 Å². The van der Waals surface area contributed by atoms with Crippen LogP contribution in [-0.4, -0.2) is 21.1 Å². The molecule has 0 spiro atoms. The van der Waals surface area contributed by atoms with Gasteiger partial charge in [0.2, 0.25) is 5.91 Å². The van der Waals surface area contributed by atoms with Gasteiger partial charge in [0.05, 0.1) is 16.9 Å². The van der Waals surface area contributed by atoms with Crippen LogP contribution in [0.15, 0.2) is 48.5 Å². The van der Waals surface area contributed by atoms with Crippen molar-refractivity contribution in [2.75, 3.05) is 5.32 Å². The van der Waals surface area contributed by atoms with Gasteiger partial charge in [-0.1, -0.05) is 12.1 Å². The van der Waals surface area contributed by atoms with Gasteiger partial charge in [-0.25, -0.2) is 0 Å². The zero-order valence-corrected chi connectivity index (χ0v) is 16.1. The first-order valence-electron chi connectivity index (χ1n) is 9.44. The van der Waals surface area contributed by atoms with Crippen molar-refractivity contribution in [2.45, 2.75) is 38.6 Å². The summed E-state index contributed by atoms with van der Waals surface area (Å²) in [6.07, 6.45) is 3.20. The molecule has 1 fully saturated rings. The van der Waals surface area contributed by atoms with E-state index in [1.807, 2.05) is 44.2 Å². The smallest absolute Gasteiger partial charge is 0.248 e. The molecule has 2 aromatic heterocycles. The Bertz CT molecular complexity index is 1030. The molecule has 2 heterocycles. The number of primary amides is 1. The predicted molar refractivity (Wildman–Crippen MR) is 109 cm³/mol. The highest BCUT2D eigenvalue weighted by molar-refractivity contribution is 5.94. The lowest BCUT2D eigenvalue weighted by atomic mass is 9.74. The van der Waals surface area contributed by atoms with Crippen LogP contribution >= 0.6 is 0 Å². The Kier molecular flexibility index (Phi) is 4.55. The molecule has 1 aliphatic carbocycles. The van der Waals surface area contributed by atoms with Crippen LogP contribution in [0.1, 0.15) is 46.6 Å². The highest BCUT2D eigenvalue weighted by Crippen LogP contribution is 2.43. The Balaban J connectivity index is 1.60. The van der Waals surface area contributed by atoms with E-state index in [0.717, 1.165) is 47.6 Å². The number of aromatic nitrogens is 3. The summed E-state index contributed by atoms with van der Waals surface area (Å²) in [7, 11) is 0. The Morgan fingerprint density at radius 1 is 1.07 bits per heavy atom. The van der Waals surface area contributed by atoms with Crippen molar-refractivity contribution in [3.05, 3.63) is 71.0 Å². The number of aryl methyl sites for hydroxylation is 2. The summed E-state index contributed by atoms with van der Waals surface area (Å²) in [5.41, 5.74) is 10.3. The van der Waals surface area contributed by atoms with Crippen molar-refractivity contribution < 1.29 is 4.79 Å². The number of nitrogens with two attached hydrogens (primary N) is 1. The van der Waals surface area contributed by atoms with E-state index in [9.17, 15) is 4.79 Å². The van der Waals surface area contributed by atoms with Gasteiger partial charge in [-0.05, 0) is 75.1 Å². The number of anilines is 1. The van der Waals surface area contributed by atoms with Crippen LogP contribution in [0.2, 0.25) is 0 Å². The molecule has 4 rings (SSSR count). The second-order valence-electron chi connectivity index (χ2n) is 7.42. The van der Waals surface area contributed by atoms with E-state index in [1.54, 1.807) is 12.1 Å². The van der Waals surface area contributed by atoms with E-state index < -0.39 is 5.91 Å². The summed E-state index contributed by atoms with van der Waals surface area (Å²) in [4.78, 5) is 16.2. The summed E-state index contributed by atoms with van der Waals surface area (Å²) in [5.74, 6) is 0.264. The molecular weight excluding hydrogens is 350 g/mol. The molecule has 0 aliphatic heterocycles. The molecular formula is C22H23N5O. The lowest BCUT2D eigenvalue weighted by molar-refractivity contribution is 0.100. The van der Waals surface area contributed by atoms with E-state index in [4.69, 9.17) is 10.7 Å². The van der Waals surface area contributed by atoms with Gasteiger partial charge >= 0.3 is 0 Å². The molecule has 0 atom stereocenters. The zero-order valence-electron chi connectivity index (χ0n) is 16.1. The second-order valence-corrected chi connectivity index (χ2v) is 7.42. The first-order chi connectivity index (χ1) is 13.5. The van der Waals surface area contributed by atoms with Crippen molar-refractivity contribution in [2.24, 2.45) is 5.73 Å². The van der Waals surface area contributed by atoms with Gasteiger partial charge in [0.15, 0.2) is 0 Å². The Labute approximate surface area is 164 Å². The van der Waals surface area contributed by atoms with Crippen LogP contribution in [0.25, 0.3) is 11.3 Å². The summed E-state index contributed by atoms with van der Waals surface area (Å²) < 4.78 is 0. The van der Waals surface area contributed by atoms with Crippen LogP contribution in [0, 0.1) is 13.8 Å². The standard InChI is InChI=1S/C22H23N5O/c1-14-7-8-16(21(23)28)13-17(14)18-9-10-20(27-26-18)25-22(11-4-12-22)19-6-3-5-15(2)24-19/h3,5-10,13H,4,11-12H2,1-2H3,(H2,23,28)(H,25,27). The molecule has 142 valence electrons. The average Bonchev–Trinajstić information content (AvgIpc) is 2.65. The minimum atomic E-state index is -0.454. The summed E-state index contributed by atoms with van der Waals surface area (Å²) in [6, 6.07) is 15.3. The lowest BCUT2D eigenvalue weighted by Crippen LogP contribution is -2.43. The Hall–Kier alpha value is -3.28. The van der Waals surface area contributed by atoms with Crippen molar-refractivity contribution in [1.82, 2.24) is 15.2 Å². The molecule has 6 nitrogen and oxygen atoms in total. The summed E-state index contributed by atoms with van der Waals surface area (Å²) in [5, 5.41) is 12.3. The topological polar surface area (TPSA) is 93.8 Å². The molecule has 1 saturated carbocycles. The molecule has 0 saturated heterocycles. The fraction of sp³-hybridized carbons (Fsp3) is 0.273. The highest BCUT2D eigenvalue weighted by Gasteiger charge is 2.40. The van der Waals surface area contributed by atoms with Gasteiger partial charge in [0.1, 0.15) is 5.82 Å². The monoisotopic (exact) mass is 373 g/mol. The SMILES string of the molecule is Cc1cccc(C2(Nc3ccc(-c4cc(C(N)=O)ccc4C)nn3)CCC2)n1. The van der Waals surface area contributed by atoms with E-state index >= 15 is 0 Å². The van der Waals surface area contributed by atoms with Crippen LogP contribution in [0.5, 0.6) is 0 Å². The Morgan fingerprint density at radius 3 is 2.50 bits per heavy atom. The number of carbonyl (C=O) groups is 1. The van der Waals surface area contributed by atoms with Crippen molar-refractivity contribution in [1.29, 1.82) is 0 Å². The number of nitrogens with one attached hydrogen (secondary N) is 1. The van der Waals surface area contributed by atoms with Crippen molar-refractivity contribution in [3.63, 3.8) is 0 Å². The van der Waals surface area contributed by atoms with Crippen LogP contribution in [-0.2, 0) is 5.54 Å². The van der Waals surface area contributed by atoms with Crippen molar-refractivity contribution in [3.8, 4) is 11.3 Å². The largest absolute Gasteiger partial charge is 0.366 e. The second kappa shape index (κ2) is 7.03. The number of rotatable bonds is 5. The Morgan fingerprint density at radius 2 is 1.89 bits per heavy atom. The van der Waals surface area contributed by atoms with Crippen LogP contribution < -0.4 is 11.1 Å². The quantitative estimate of drug-likeness (QED) is 0.710. The van der Waals surface area contributed by atoms with E-state index in [2.05, 4.69) is 21.6 Å². The van der Waals surface area contributed by atoms with Crippen LogP contribution in [0.3, 0.4) is 0 Å². The third-order valence-electron chi connectivity index (χ3n) is 5.42. The highest BCUT2D eigenvalue weighted by atomic mass is 16.1. The minimum Gasteiger partial charge on any atom is -0.366 e. The number of hydrogen-bond acceptors (Lipinski definition) is 5. The number of amides is 1. The molecule has 1 aliphatic rings. The number of benzene rings is 1. The van der Waals surface area contributed by atoms with E-state index in [-0.39, 0.29) is 5.54 Å². The lowest BCUT2D eigenvalue weighted by Gasteiger charge is -2.42. The maximum atomic E-state index is 11.5. The zero-order chi connectivity index (χ0) is 19.7. The van der Waals surface area contributed by atoms with Gasteiger partial charge in [0.25, 0.3) is 0 Å². The minimum absolute atomic E-state index is 0.177. The molecule has 1 amide bonds. The van der Waals surface area contributed by atoms with Gasteiger partial charge in [-0.15, -0.1) is 10.2 Å². The molecule has 28 heavy (non-hydrogen) atoms. The fourth-order valence-electron chi connectivity index (χ4n) is 3.62. The molecule has 3 N–H and O–H groups in total. The number of nitrogens with zero attached hydrogens (tertiary/aromatic N) is 3. The van der Waals surface area contributed by atoms with Gasteiger partial charge in [0, 0.05) is 16.8 Å². The average molecular weight is 373 g/mol. The third kappa shape index (κ3) is 3.33. The molecule has 1 aromatic carbocycles. The maximum absolute atomic E-state index is 11.5. The molecule has 6 heteroatoms. The first kappa shape index (κ1) is 18.1.